The van der Waals surface area contributed by atoms with Gasteiger partial charge in [-0.2, -0.15) is 0 Å². The highest BCUT2D eigenvalue weighted by atomic mass is 19.1. The minimum absolute atomic E-state index is 0.0600. The summed E-state index contributed by atoms with van der Waals surface area (Å²) in [5, 5.41) is 13.6. The third-order valence-corrected chi connectivity index (χ3v) is 3.65. The number of nitrogens with one attached hydrogen (secondary N) is 1. The van der Waals surface area contributed by atoms with Crippen LogP contribution in [0.3, 0.4) is 0 Å². The summed E-state index contributed by atoms with van der Waals surface area (Å²) < 4.78 is 14.0. The Bertz CT molecular complexity index is 577. The molecule has 1 heterocycles. The van der Waals surface area contributed by atoms with Crippen molar-refractivity contribution in [3.63, 3.8) is 0 Å². The van der Waals surface area contributed by atoms with E-state index in [-0.39, 0.29) is 22.9 Å². The number of benzene rings is 1. The normalized spacial score (nSPS) is 19.3. The molecule has 1 amide bonds. The van der Waals surface area contributed by atoms with Gasteiger partial charge in [-0.1, -0.05) is 0 Å². The van der Waals surface area contributed by atoms with Crippen molar-refractivity contribution in [1.29, 1.82) is 0 Å². The molecular formula is C14H18FN3O3. The predicted molar refractivity (Wildman–Crippen MR) is 75.8 cm³/mol. The van der Waals surface area contributed by atoms with Crippen molar-refractivity contribution in [1.82, 2.24) is 10.2 Å². The van der Waals surface area contributed by atoms with Gasteiger partial charge in [0, 0.05) is 24.7 Å². The van der Waals surface area contributed by atoms with Gasteiger partial charge < -0.3 is 10.2 Å². The number of carbonyl (C=O) groups excluding carboxylic acids is 1. The molecule has 1 fully saturated rings. The lowest BCUT2D eigenvalue weighted by atomic mass is 10.0. The van der Waals surface area contributed by atoms with Crippen LogP contribution in [0.2, 0.25) is 0 Å². The number of hydrogen-bond donors (Lipinski definition) is 1. The molecule has 1 aromatic carbocycles. The van der Waals surface area contributed by atoms with Gasteiger partial charge in [0.1, 0.15) is 5.82 Å². The molecular weight excluding hydrogens is 277 g/mol. The van der Waals surface area contributed by atoms with Crippen LogP contribution >= 0.6 is 0 Å². The summed E-state index contributed by atoms with van der Waals surface area (Å²) in [7, 11) is 1.95. The van der Waals surface area contributed by atoms with Crippen LogP contribution in [-0.4, -0.2) is 41.9 Å². The highest BCUT2D eigenvalue weighted by Crippen LogP contribution is 2.21. The Morgan fingerprint density at radius 1 is 1.52 bits per heavy atom. The summed E-state index contributed by atoms with van der Waals surface area (Å²) in [6.07, 6.45) is 1.78. The lowest BCUT2D eigenvalue weighted by Gasteiger charge is -2.30. The van der Waals surface area contributed by atoms with E-state index in [2.05, 4.69) is 10.2 Å². The number of amides is 1. The van der Waals surface area contributed by atoms with Gasteiger partial charge in [0.15, 0.2) is 0 Å². The van der Waals surface area contributed by atoms with Crippen molar-refractivity contribution in [2.45, 2.75) is 25.8 Å². The fourth-order valence-corrected chi connectivity index (χ4v) is 2.57. The number of hydrogen-bond acceptors (Lipinski definition) is 4. The lowest BCUT2D eigenvalue weighted by molar-refractivity contribution is -0.385. The van der Waals surface area contributed by atoms with Crippen LogP contribution in [-0.2, 0) is 0 Å². The molecule has 1 aliphatic rings. The number of non-ortho nitro benzene ring substituents is 1. The first-order chi connectivity index (χ1) is 9.88. The van der Waals surface area contributed by atoms with E-state index in [1.807, 2.05) is 7.05 Å². The van der Waals surface area contributed by atoms with Crippen molar-refractivity contribution in [3.8, 4) is 0 Å². The number of likely N-dealkylation sites (tertiary alicyclic amines) is 1. The molecule has 114 valence electrons. The van der Waals surface area contributed by atoms with Gasteiger partial charge in [-0.15, -0.1) is 0 Å². The van der Waals surface area contributed by atoms with Crippen LogP contribution in [0.5, 0.6) is 0 Å². The zero-order chi connectivity index (χ0) is 15.6. The average Bonchev–Trinajstić information content (AvgIpc) is 2.41. The summed E-state index contributed by atoms with van der Waals surface area (Å²) in [4.78, 5) is 24.5. The molecule has 1 unspecified atom stereocenters. The third-order valence-electron chi connectivity index (χ3n) is 3.65. The van der Waals surface area contributed by atoms with Crippen LogP contribution in [0.25, 0.3) is 0 Å². The molecule has 0 aromatic heterocycles. The van der Waals surface area contributed by atoms with E-state index < -0.39 is 16.6 Å². The fourth-order valence-electron chi connectivity index (χ4n) is 2.57. The number of aryl methyl sites for hydroxylation is 1. The zero-order valence-corrected chi connectivity index (χ0v) is 12.1. The maximum atomic E-state index is 14.0. The molecule has 1 saturated heterocycles. The van der Waals surface area contributed by atoms with E-state index in [0.29, 0.717) is 6.54 Å². The van der Waals surface area contributed by atoms with Gasteiger partial charge in [-0.05, 0) is 38.9 Å². The maximum Gasteiger partial charge on any atom is 0.270 e. The number of likely N-dealkylation sites (N-methyl/N-ethyl adjacent to an activating group) is 1. The van der Waals surface area contributed by atoms with Crippen LogP contribution in [0.4, 0.5) is 10.1 Å². The minimum Gasteiger partial charge on any atom is -0.348 e. The van der Waals surface area contributed by atoms with E-state index >= 15 is 0 Å². The minimum atomic E-state index is -0.706. The van der Waals surface area contributed by atoms with Crippen molar-refractivity contribution in [2.75, 3.05) is 20.1 Å². The highest BCUT2D eigenvalue weighted by molar-refractivity contribution is 5.95. The van der Waals surface area contributed by atoms with Gasteiger partial charge in [-0.25, -0.2) is 4.39 Å². The molecule has 7 heteroatoms. The summed E-state index contributed by atoms with van der Waals surface area (Å²) >= 11 is 0. The van der Waals surface area contributed by atoms with Gasteiger partial charge in [0.25, 0.3) is 11.6 Å². The molecule has 0 saturated carbocycles. The molecule has 2 rings (SSSR count). The van der Waals surface area contributed by atoms with E-state index in [4.69, 9.17) is 0 Å². The van der Waals surface area contributed by atoms with Crippen LogP contribution in [0.1, 0.15) is 28.8 Å². The summed E-state index contributed by atoms with van der Waals surface area (Å²) in [6.45, 7) is 3.07. The van der Waals surface area contributed by atoms with Crippen LogP contribution < -0.4 is 5.32 Å². The molecule has 1 aliphatic heterocycles. The number of nitro groups is 1. The molecule has 1 N–H and O–H groups in total. The second kappa shape index (κ2) is 6.17. The molecule has 0 aliphatic carbocycles. The molecule has 0 radical (unpaired) electrons. The Morgan fingerprint density at radius 2 is 2.24 bits per heavy atom. The van der Waals surface area contributed by atoms with Crippen molar-refractivity contribution < 1.29 is 14.1 Å². The van der Waals surface area contributed by atoms with E-state index in [1.165, 1.54) is 6.92 Å². The lowest BCUT2D eigenvalue weighted by Crippen LogP contribution is -2.46. The summed E-state index contributed by atoms with van der Waals surface area (Å²) in [5.74, 6) is -1.30. The van der Waals surface area contributed by atoms with Crippen LogP contribution in [0.15, 0.2) is 12.1 Å². The van der Waals surface area contributed by atoms with Gasteiger partial charge in [-0.3, -0.25) is 14.9 Å². The number of rotatable bonds is 3. The second-order valence-corrected chi connectivity index (χ2v) is 5.46. The standard InChI is InChI=1S/C14H18FN3O3/c1-9-6-11(18(20)21)7-12(13(9)15)14(19)16-10-4-3-5-17(2)8-10/h6-7,10H,3-5,8H2,1-2H3,(H,16,19). The Kier molecular flexibility index (Phi) is 4.52. The number of nitro benzene ring substituents is 1. The van der Waals surface area contributed by atoms with Crippen molar-refractivity contribution in [3.05, 3.63) is 39.2 Å². The first kappa shape index (κ1) is 15.4. The van der Waals surface area contributed by atoms with Crippen LogP contribution in [0, 0.1) is 22.9 Å². The SMILES string of the molecule is Cc1cc([N+](=O)[O-])cc(C(=O)NC2CCCN(C)C2)c1F. The molecule has 0 bridgehead atoms. The largest absolute Gasteiger partial charge is 0.348 e. The smallest absolute Gasteiger partial charge is 0.270 e. The predicted octanol–water partition coefficient (Wildman–Crippen LogP) is 1.87. The number of halogens is 1. The topological polar surface area (TPSA) is 75.5 Å². The Morgan fingerprint density at radius 3 is 2.86 bits per heavy atom. The zero-order valence-electron chi connectivity index (χ0n) is 12.1. The van der Waals surface area contributed by atoms with Gasteiger partial charge in [0.2, 0.25) is 0 Å². The number of nitrogens with zero attached hydrogens (tertiary/aromatic N) is 2. The molecule has 0 spiro atoms. The first-order valence-corrected chi connectivity index (χ1v) is 6.82. The Hall–Kier alpha value is -2.02. The second-order valence-electron chi connectivity index (χ2n) is 5.46. The monoisotopic (exact) mass is 295 g/mol. The molecule has 21 heavy (non-hydrogen) atoms. The van der Waals surface area contributed by atoms with E-state index in [0.717, 1.165) is 31.5 Å². The average molecular weight is 295 g/mol. The maximum absolute atomic E-state index is 14.0. The van der Waals surface area contributed by atoms with Gasteiger partial charge >= 0.3 is 0 Å². The van der Waals surface area contributed by atoms with E-state index in [1.54, 1.807) is 0 Å². The highest BCUT2D eigenvalue weighted by Gasteiger charge is 2.23. The van der Waals surface area contributed by atoms with Crippen molar-refractivity contribution >= 4 is 11.6 Å². The Balaban J connectivity index is 2.20. The summed E-state index contributed by atoms with van der Waals surface area (Å²) in [5.41, 5.74) is -0.454. The number of carbonyl (C=O) groups is 1. The number of piperidine rings is 1. The van der Waals surface area contributed by atoms with Crippen molar-refractivity contribution in [2.24, 2.45) is 0 Å². The van der Waals surface area contributed by atoms with Gasteiger partial charge in [0.05, 0.1) is 10.5 Å². The summed E-state index contributed by atoms with van der Waals surface area (Å²) in [6, 6.07) is 2.06. The fraction of sp³-hybridized carbons (Fsp3) is 0.500. The quantitative estimate of drug-likeness (QED) is 0.682. The van der Waals surface area contributed by atoms with E-state index in [9.17, 15) is 19.3 Å². The Labute approximate surface area is 122 Å². The molecule has 1 aromatic rings. The molecule has 6 nitrogen and oxygen atoms in total. The molecule has 1 atom stereocenters. The third kappa shape index (κ3) is 3.55. The first-order valence-electron chi connectivity index (χ1n) is 6.82.